The second-order valence-corrected chi connectivity index (χ2v) is 13.3. The van der Waals surface area contributed by atoms with Gasteiger partial charge in [0.25, 0.3) is 0 Å². The van der Waals surface area contributed by atoms with Crippen molar-refractivity contribution in [3.63, 3.8) is 0 Å². The van der Waals surface area contributed by atoms with Gasteiger partial charge in [0, 0.05) is 12.8 Å². The molecule has 0 saturated heterocycles. The van der Waals surface area contributed by atoms with E-state index in [9.17, 15) is 29.5 Å². The highest BCUT2D eigenvalue weighted by Crippen LogP contribution is 2.36. The molecule has 0 aromatic heterocycles. The van der Waals surface area contributed by atoms with E-state index in [4.69, 9.17) is 19.3 Å². The van der Waals surface area contributed by atoms with Gasteiger partial charge in [0.2, 0.25) is 0 Å². The van der Waals surface area contributed by atoms with Crippen LogP contribution in [0.25, 0.3) is 0 Å². The molecule has 0 aliphatic heterocycles. The van der Waals surface area contributed by atoms with Crippen LogP contribution in [0.1, 0.15) is 129 Å². The van der Waals surface area contributed by atoms with Gasteiger partial charge in [-0.05, 0) is 25.7 Å². The van der Waals surface area contributed by atoms with Gasteiger partial charge < -0.3 is 34.6 Å². The zero-order chi connectivity index (χ0) is 35.9. The van der Waals surface area contributed by atoms with Crippen LogP contribution in [0.3, 0.4) is 0 Å². The first-order chi connectivity index (χ1) is 23.0. The zero-order valence-electron chi connectivity index (χ0n) is 29.2. The van der Waals surface area contributed by atoms with E-state index in [1.54, 1.807) is 42.5 Å². The second kappa shape index (κ2) is 30.9. The molecule has 0 saturated carbocycles. The maximum absolute atomic E-state index is 12.4. The van der Waals surface area contributed by atoms with Crippen LogP contribution in [0.4, 0.5) is 0 Å². The normalized spacial score (nSPS) is 15.1. The van der Waals surface area contributed by atoms with Crippen molar-refractivity contribution in [2.75, 3.05) is 13.2 Å². The number of esters is 2. The Bertz CT molecular complexity index is 973. The van der Waals surface area contributed by atoms with Gasteiger partial charge in [-0.3, -0.25) is 14.1 Å². The minimum atomic E-state index is -4.84. The molecule has 0 amide bonds. The number of hydrogen-bond donors (Lipinski definition) is 5. The molecule has 11 nitrogen and oxygen atoms in total. The van der Waals surface area contributed by atoms with Crippen molar-refractivity contribution in [3.8, 4) is 0 Å². The van der Waals surface area contributed by atoms with Crippen molar-refractivity contribution in [1.29, 1.82) is 0 Å². The maximum atomic E-state index is 12.4. The van der Waals surface area contributed by atoms with Gasteiger partial charge in [0.15, 0.2) is 6.10 Å². The van der Waals surface area contributed by atoms with Crippen molar-refractivity contribution >= 4 is 19.8 Å². The minimum Gasteiger partial charge on any atom is -0.462 e. The van der Waals surface area contributed by atoms with E-state index in [0.29, 0.717) is 6.42 Å². The predicted molar refractivity (Wildman–Crippen MR) is 188 cm³/mol. The quantitative estimate of drug-likeness (QED) is 0.0219. The molecule has 0 bridgehead atoms. The molecule has 4 atom stereocenters. The van der Waals surface area contributed by atoms with Crippen LogP contribution in [-0.2, 0) is 28.2 Å². The SMILES string of the molecule is CCCCCCCCCCCCC(=O)OC[C@H](COP(=O)(O)O)OC(=O)CCC[C@H](O)[C@@H](O)/C=C/C=C/C=C\C=C\[C@@H](O)CCCCC. The molecule has 0 aromatic rings. The molecule has 5 N–H and O–H groups in total. The summed E-state index contributed by atoms with van der Waals surface area (Å²) in [6, 6.07) is 0. The van der Waals surface area contributed by atoms with Crippen molar-refractivity contribution in [2.24, 2.45) is 0 Å². The molecule has 0 fully saturated rings. The number of hydrogen-bond acceptors (Lipinski definition) is 9. The van der Waals surface area contributed by atoms with Crippen LogP contribution >= 0.6 is 7.82 Å². The topological polar surface area (TPSA) is 180 Å². The number of carbonyl (C=O) groups is 2. The monoisotopic (exact) mass is 702 g/mol. The van der Waals surface area contributed by atoms with E-state index in [0.717, 1.165) is 44.9 Å². The summed E-state index contributed by atoms with van der Waals surface area (Å²) in [4.78, 5) is 42.6. The number of allylic oxidation sites excluding steroid dienone is 6. The number of phosphoric acid groups is 1. The van der Waals surface area contributed by atoms with Crippen molar-refractivity contribution in [3.05, 3.63) is 48.6 Å². The lowest BCUT2D eigenvalue weighted by Gasteiger charge is -2.19. The lowest BCUT2D eigenvalue weighted by molar-refractivity contribution is -0.161. The average molecular weight is 703 g/mol. The van der Waals surface area contributed by atoms with E-state index in [2.05, 4.69) is 18.4 Å². The smallest absolute Gasteiger partial charge is 0.462 e. The molecule has 0 aromatic carbocycles. The summed E-state index contributed by atoms with van der Waals surface area (Å²) in [5, 5.41) is 30.2. The first-order valence-corrected chi connectivity index (χ1v) is 19.3. The molecule has 0 aliphatic rings. The first kappa shape index (κ1) is 45.9. The Morgan fingerprint density at radius 2 is 1.15 bits per heavy atom. The fourth-order valence-corrected chi connectivity index (χ4v) is 5.00. The van der Waals surface area contributed by atoms with Crippen LogP contribution in [0.15, 0.2) is 48.6 Å². The predicted octanol–water partition coefficient (Wildman–Crippen LogP) is 6.92. The van der Waals surface area contributed by atoms with E-state index < -0.39 is 57.4 Å². The number of aliphatic hydroxyl groups excluding tert-OH is 3. The van der Waals surface area contributed by atoms with E-state index >= 15 is 0 Å². The van der Waals surface area contributed by atoms with Crippen LogP contribution in [0, 0.1) is 0 Å². The molecule has 0 rings (SSSR count). The molecule has 0 spiro atoms. The first-order valence-electron chi connectivity index (χ1n) is 17.8. The van der Waals surface area contributed by atoms with Gasteiger partial charge in [-0.15, -0.1) is 0 Å². The van der Waals surface area contributed by atoms with Gasteiger partial charge in [-0.1, -0.05) is 140 Å². The molecule has 0 radical (unpaired) electrons. The minimum absolute atomic E-state index is 0.0904. The molecule has 0 unspecified atom stereocenters. The Morgan fingerprint density at radius 1 is 0.625 bits per heavy atom. The largest absolute Gasteiger partial charge is 0.469 e. The third-order valence-electron chi connectivity index (χ3n) is 7.47. The van der Waals surface area contributed by atoms with Crippen LogP contribution < -0.4 is 0 Å². The van der Waals surface area contributed by atoms with E-state index in [-0.39, 0.29) is 25.7 Å². The van der Waals surface area contributed by atoms with Gasteiger partial charge in [-0.2, -0.15) is 0 Å². The number of phosphoric ester groups is 1. The van der Waals surface area contributed by atoms with Gasteiger partial charge in [0.1, 0.15) is 6.61 Å². The second-order valence-electron chi connectivity index (χ2n) is 12.1. The molecule has 278 valence electrons. The molecular weight excluding hydrogens is 639 g/mol. The Balaban J connectivity index is 4.41. The third-order valence-corrected chi connectivity index (χ3v) is 7.95. The van der Waals surface area contributed by atoms with Crippen LogP contribution in [0.5, 0.6) is 0 Å². The number of unbranched alkanes of at least 4 members (excludes halogenated alkanes) is 11. The summed E-state index contributed by atoms with van der Waals surface area (Å²) in [6.45, 7) is 3.24. The average Bonchev–Trinajstić information content (AvgIpc) is 3.03. The number of carbonyl (C=O) groups excluding carboxylic acids is 2. The number of ether oxygens (including phenoxy) is 2. The summed E-state index contributed by atoms with van der Waals surface area (Å²) >= 11 is 0. The Labute approximate surface area is 288 Å². The van der Waals surface area contributed by atoms with E-state index in [1.807, 2.05) is 0 Å². The lowest BCUT2D eigenvalue weighted by atomic mass is 10.1. The van der Waals surface area contributed by atoms with Crippen molar-refractivity contribution in [2.45, 2.75) is 154 Å². The molecule has 12 heteroatoms. The van der Waals surface area contributed by atoms with Gasteiger partial charge in [0.05, 0.1) is 24.9 Å². The third kappa shape index (κ3) is 31.2. The molecule has 0 heterocycles. The fourth-order valence-electron chi connectivity index (χ4n) is 4.64. The summed E-state index contributed by atoms with van der Waals surface area (Å²) < 4.78 is 26.0. The Kier molecular flexibility index (Phi) is 29.6. The number of rotatable bonds is 31. The zero-order valence-corrected chi connectivity index (χ0v) is 30.1. The summed E-state index contributed by atoms with van der Waals surface area (Å²) in [5.41, 5.74) is 0. The van der Waals surface area contributed by atoms with Crippen molar-refractivity contribution < 1.29 is 53.3 Å². The highest BCUT2D eigenvalue weighted by Gasteiger charge is 2.23. The highest BCUT2D eigenvalue weighted by atomic mass is 31.2. The Morgan fingerprint density at radius 3 is 1.75 bits per heavy atom. The highest BCUT2D eigenvalue weighted by molar-refractivity contribution is 7.46. The van der Waals surface area contributed by atoms with Crippen LogP contribution in [0.2, 0.25) is 0 Å². The van der Waals surface area contributed by atoms with Crippen LogP contribution in [-0.4, -0.2) is 74.7 Å². The molecular formula is C36H63O11P. The maximum Gasteiger partial charge on any atom is 0.469 e. The van der Waals surface area contributed by atoms with E-state index in [1.165, 1.54) is 44.6 Å². The van der Waals surface area contributed by atoms with Gasteiger partial charge >= 0.3 is 19.8 Å². The summed E-state index contributed by atoms with van der Waals surface area (Å²) in [6.07, 6.45) is 25.0. The summed E-state index contributed by atoms with van der Waals surface area (Å²) in [5.74, 6) is -1.22. The molecule has 48 heavy (non-hydrogen) atoms. The lowest BCUT2D eigenvalue weighted by Crippen LogP contribution is -2.29. The van der Waals surface area contributed by atoms with Crippen molar-refractivity contribution in [1.82, 2.24) is 0 Å². The fraction of sp³-hybridized carbons (Fsp3) is 0.722. The Hall–Kier alpha value is -2.11. The molecule has 0 aliphatic carbocycles. The standard InChI is InChI=1S/C36H63O11P/c1-3-5-7-8-9-10-11-12-17-21-27-35(40)45-29-32(30-46-48(42,43)44)47-36(41)28-22-26-34(39)33(38)25-20-16-14-13-15-19-24-31(37)23-18-6-4-2/h13-16,19-20,24-25,31-34,37-39H,3-12,17-18,21-23,26-30H2,1-2H3,(H2,42,43,44)/b15-13-,16-14+,24-19+,25-20+/t31-,32+,33-,34-/m0/s1. The van der Waals surface area contributed by atoms with Gasteiger partial charge in [-0.25, -0.2) is 4.57 Å². The number of aliphatic hydroxyl groups is 3. The summed E-state index contributed by atoms with van der Waals surface area (Å²) in [7, 11) is -4.84.